The molecule has 0 aromatic carbocycles. The van der Waals surface area contributed by atoms with Crippen LogP contribution in [0.2, 0.25) is 0 Å². The van der Waals surface area contributed by atoms with Gasteiger partial charge in [0.25, 0.3) is 0 Å². The number of pyridine rings is 1. The van der Waals surface area contributed by atoms with Crippen LogP contribution in [0.5, 0.6) is 0 Å². The van der Waals surface area contributed by atoms with Crippen molar-refractivity contribution in [2.75, 3.05) is 6.54 Å². The Morgan fingerprint density at radius 2 is 2.06 bits per heavy atom. The van der Waals surface area contributed by atoms with Crippen LogP contribution in [0.1, 0.15) is 49.9 Å². The SMILES string of the molecule is Cc1cccc(CNCCC2CCCCC2)n1. The van der Waals surface area contributed by atoms with E-state index in [0.29, 0.717) is 0 Å². The molecular formula is C15H24N2. The van der Waals surface area contributed by atoms with Gasteiger partial charge >= 0.3 is 0 Å². The molecule has 1 N–H and O–H groups in total. The second-order valence-corrected chi connectivity index (χ2v) is 5.24. The third kappa shape index (κ3) is 4.47. The number of aryl methyl sites for hydroxylation is 1. The number of aromatic nitrogens is 1. The highest BCUT2D eigenvalue weighted by Crippen LogP contribution is 2.25. The second kappa shape index (κ2) is 6.75. The molecular weight excluding hydrogens is 208 g/mol. The van der Waals surface area contributed by atoms with Crippen molar-refractivity contribution < 1.29 is 0 Å². The fraction of sp³-hybridized carbons (Fsp3) is 0.667. The van der Waals surface area contributed by atoms with Crippen molar-refractivity contribution >= 4 is 0 Å². The van der Waals surface area contributed by atoms with Gasteiger partial charge in [-0.25, -0.2) is 0 Å². The third-order valence-corrected chi connectivity index (χ3v) is 3.71. The smallest absolute Gasteiger partial charge is 0.0544 e. The van der Waals surface area contributed by atoms with Crippen LogP contribution in [0.15, 0.2) is 18.2 Å². The molecule has 0 aliphatic heterocycles. The standard InChI is InChI=1S/C15H24N2/c1-13-6-5-9-15(17-13)12-16-11-10-14-7-3-2-4-8-14/h5-6,9,14,16H,2-4,7-8,10-12H2,1H3. The van der Waals surface area contributed by atoms with Crippen molar-refractivity contribution in [3.8, 4) is 0 Å². The molecule has 1 aromatic rings. The van der Waals surface area contributed by atoms with Gasteiger partial charge in [0, 0.05) is 12.2 Å². The summed E-state index contributed by atoms with van der Waals surface area (Å²) in [7, 11) is 0. The van der Waals surface area contributed by atoms with E-state index in [2.05, 4.69) is 22.4 Å². The summed E-state index contributed by atoms with van der Waals surface area (Å²) in [5.74, 6) is 0.974. The predicted octanol–water partition coefficient (Wildman–Crippen LogP) is 3.45. The third-order valence-electron chi connectivity index (χ3n) is 3.71. The molecule has 94 valence electrons. The van der Waals surface area contributed by atoms with Crippen LogP contribution in [0.4, 0.5) is 0 Å². The normalized spacial score (nSPS) is 17.2. The Kier molecular flexibility index (Phi) is 4.99. The van der Waals surface area contributed by atoms with Crippen LogP contribution >= 0.6 is 0 Å². The average Bonchev–Trinajstić information content (AvgIpc) is 2.36. The topological polar surface area (TPSA) is 24.9 Å². The minimum Gasteiger partial charge on any atom is -0.311 e. The molecule has 1 heterocycles. The molecule has 0 bridgehead atoms. The van der Waals surface area contributed by atoms with E-state index in [9.17, 15) is 0 Å². The van der Waals surface area contributed by atoms with E-state index >= 15 is 0 Å². The summed E-state index contributed by atoms with van der Waals surface area (Å²) in [5, 5.41) is 3.51. The van der Waals surface area contributed by atoms with Crippen LogP contribution in [0, 0.1) is 12.8 Å². The van der Waals surface area contributed by atoms with E-state index in [1.807, 2.05) is 13.0 Å². The minimum absolute atomic E-state index is 0.911. The number of nitrogens with one attached hydrogen (secondary N) is 1. The molecule has 1 aliphatic rings. The molecule has 1 aliphatic carbocycles. The molecule has 0 amide bonds. The van der Waals surface area contributed by atoms with Gasteiger partial charge in [-0.1, -0.05) is 38.2 Å². The van der Waals surface area contributed by atoms with Gasteiger partial charge in [0.05, 0.1) is 5.69 Å². The van der Waals surface area contributed by atoms with Gasteiger partial charge in [0.1, 0.15) is 0 Å². The molecule has 0 spiro atoms. The van der Waals surface area contributed by atoms with Crippen molar-refractivity contribution in [1.82, 2.24) is 10.3 Å². The molecule has 0 atom stereocenters. The van der Waals surface area contributed by atoms with Crippen molar-refractivity contribution in [2.45, 2.75) is 52.0 Å². The summed E-state index contributed by atoms with van der Waals surface area (Å²) < 4.78 is 0. The lowest BCUT2D eigenvalue weighted by atomic mass is 9.87. The Labute approximate surface area is 105 Å². The minimum atomic E-state index is 0.911. The first-order valence-electron chi connectivity index (χ1n) is 6.98. The predicted molar refractivity (Wildman–Crippen MR) is 71.9 cm³/mol. The van der Waals surface area contributed by atoms with Gasteiger partial charge in [-0.2, -0.15) is 0 Å². The monoisotopic (exact) mass is 232 g/mol. The van der Waals surface area contributed by atoms with Crippen LogP contribution < -0.4 is 5.32 Å². The van der Waals surface area contributed by atoms with Gasteiger partial charge in [0.2, 0.25) is 0 Å². The molecule has 0 radical (unpaired) electrons. The Bertz CT molecular complexity index is 329. The van der Waals surface area contributed by atoms with Gasteiger partial charge < -0.3 is 5.32 Å². The highest BCUT2D eigenvalue weighted by molar-refractivity contribution is 5.09. The van der Waals surface area contributed by atoms with Gasteiger partial charge in [0.15, 0.2) is 0 Å². The van der Waals surface area contributed by atoms with Gasteiger partial charge in [-0.3, -0.25) is 4.98 Å². The molecule has 2 nitrogen and oxygen atoms in total. The summed E-state index contributed by atoms with van der Waals surface area (Å²) in [6.07, 6.45) is 8.59. The zero-order valence-electron chi connectivity index (χ0n) is 10.9. The molecule has 0 saturated heterocycles. The molecule has 1 saturated carbocycles. The quantitative estimate of drug-likeness (QED) is 0.787. The molecule has 1 fully saturated rings. The zero-order chi connectivity index (χ0) is 11.9. The maximum Gasteiger partial charge on any atom is 0.0544 e. The van der Waals surface area contributed by atoms with E-state index in [0.717, 1.165) is 30.4 Å². The molecule has 17 heavy (non-hydrogen) atoms. The first-order chi connectivity index (χ1) is 8.34. The first-order valence-corrected chi connectivity index (χ1v) is 6.98. The van der Waals surface area contributed by atoms with Gasteiger partial charge in [-0.05, 0) is 37.9 Å². The maximum absolute atomic E-state index is 4.50. The van der Waals surface area contributed by atoms with Crippen LogP contribution in [-0.4, -0.2) is 11.5 Å². The maximum atomic E-state index is 4.50. The van der Waals surface area contributed by atoms with E-state index < -0.39 is 0 Å². The fourth-order valence-corrected chi connectivity index (χ4v) is 2.70. The van der Waals surface area contributed by atoms with E-state index in [1.165, 1.54) is 38.5 Å². The van der Waals surface area contributed by atoms with Crippen molar-refractivity contribution in [3.05, 3.63) is 29.6 Å². The average molecular weight is 232 g/mol. The first kappa shape index (κ1) is 12.6. The van der Waals surface area contributed by atoms with Crippen molar-refractivity contribution in [1.29, 1.82) is 0 Å². The summed E-state index contributed by atoms with van der Waals surface area (Å²) >= 11 is 0. The van der Waals surface area contributed by atoms with Crippen LogP contribution in [0.25, 0.3) is 0 Å². The molecule has 2 heteroatoms. The van der Waals surface area contributed by atoms with Crippen LogP contribution in [-0.2, 0) is 6.54 Å². The Morgan fingerprint density at radius 3 is 2.82 bits per heavy atom. The lowest BCUT2D eigenvalue weighted by Gasteiger charge is -2.21. The van der Waals surface area contributed by atoms with Gasteiger partial charge in [-0.15, -0.1) is 0 Å². The Morgan fingerprint density at radius 1 is 1.24 bits per heavy atom. The zero-order valence-corrected chi connectivity index (χ0v) is 10.9. The Hall–Kier alpha value is -0.890. The summed E-state index contributed by atoms with van der Waals surface area (Å²) in [6, 6.07) is 6.23. The molecule has 1 aromatic heterocycles. The summed E-state index contributed by atoms with van der Waals surface area (Å²) in [6.45, 7) is 4.10. The fourth-order valence-electron chi connectivity index (χ4n) is 2.70. The second-order valence-electron chi connectivity index (χ2n) is 5.24. The lowest BCUT2D eigenvalue weighted by Crippen LogP contribution is -2.19. The largest absolute Gasteiger partial charge is 0.311 e. The summed E-state index contributed by atoms with van der Waals surface area (Å²) in [4.78, 5) is 4.50. The summed E-state index contributed by atoms with van der Waals surface area (Å²) in [5.41, 5.74) is 2.27. The number of hydrogen-bond acceptors (Lipinski definition) is 2. The lowest BCUT2D eigenvalue weighted by molar-refractivity contribution is 0.333. The Balaban J connectivity index is 1.62. The number of nitrogens with zero attached hydrogens (tertiary/aromatic N) is 1. The van der Waals surface area contributed by atoms with E-state index in [-0.39, 0.29) is 0 Å². The van der Waals surface area contributed by atoms with E-state index in [4.69, 9.17) is 0 Å². The van der Waals surface area contributed by atoms with E-state index in [1.54, 1.807) is 0 Å². The molecule has 2 rings (SSSR count). The highest BCUT2D eigenvalue weighted by Gasteiger charge is 2.12. The number of rotatable bonds is 5. The van der Waals surface area contributed by atoms with Crippen LogP contribution in [0.3, 0.4) is 0 Å². The van der Waals surface area contributed by atoms with Crippen molar-refractivity contribution in [3.63, 3.8) is 0 Å². The van der Waals surface area contributed by atoms with Crippen molar-refractivity contribution in [2.24, 2.45) is 5.92 Å². The number of hydrogen-bond donors (Lipinski definition) is 1. The highest BCUT2D eigenvalue weighted by atomic mass is 14.9. The molecule has 0 unspecified atom stereocenters.